The van der Waals surface area contributed by atoms with Gasteiger partial charge in [0.1, 0.15) is 0 Å². The predicted octanol–water partition coefficient (Wildman–Crippen LogP) is 1.13. The molecule has 1 aliphatic rings. The minimum absolute atomic E-state index is 0.138. The lowest BCUT2D eigenvalue weighted by molar-refractivity contribution is -0.121. The molecule has 98 valence electrons. The Hall–Kier alpha value is -1.42. The van der Waals surface area contributed by atoms with Crippen LogP contribution in [-0.2, 0) is 11.2 Å². The van der Waals surface area contributed by atoms with Crippen LogP contribution in [0.5, 0.6) is 0 Å². The van der Waals surface area contributed by atoms with E-state index in [9.17, 15) is 4.79 Å². The molecule has 2 rings (SSSR count). The van der Waals surface area contributed by atoms with Gasteiger partial charge in [-0.05, 0) is 50.4 Å². The number of hydrogen-bond acceptors (Lipinski definition) is 3. The summed E-state index contributed by atoms with van der Waals surface area (Å²) in [5, 5.41) is 6.36. The van der Waals surface area contributed by atoms with Crippen LogP contribution in [0.1, 0.15) is 25.0 Å². The molecule has 1 aromatic rings. The van der Waals surface area contributed by atoms with Gasteiger partial charge in [0.25, 0.3) is 0 Å². The Morgan fingerprint density at radius 1 is 1.39 bits per heavy atom. The molecule has 0 saturated carbocycles. The van der Waals surface area contributed by atoms with Gasteiger partial charge in [0.15, 0.2) is 0 Å². The highest BCUT2D eigenvalue weighted by atomic mass is 16.1. The van der Waals surface area contributed by atoms with Crippen molar-refractivity contribution in [2.45, 2.75) is 25.7 Å². The minimum atomic E-state index is 0.138. The number of pyridine rings is 1. The van der Waals surface area contributed by atoms with Crippen molar-refractivity contribution in [2.24, 2.45) is 5.92 Å². The molecule has 4 heteroatoms. The Morgan fingerprint density at radius 3 is 2.94 bits per heavy atom. The number of nitrogens with zero attached hydrogens (tertiary/aromatic N) is 1. The largest absolute Gasteiger partial charge is 0.356 e. The number of carbonyl (C=O) groups excluding carboxylic acids is 1. The number of aryl methyl sites for hydroxylation is 1. The summed E-state index contributed by atoms with van der Waals surface area (Å²) in [5.41, 5.74) is 0.981. The summed E-state index contributed by atoms with van der Waals surface area (Å²) in [6.07, 6.45) is 5.35. The molecule has 0 radical (unpaired) electrons. The fraction of sp³-hybridized carbons (Fsp3) is 0.571. The van der Waals surface area contributed by atoms with Gasteiger partial charge in [-0.3, -0.25) is 9.78 Å². The zero-order valence-electron chi connectivity index (χ0n) is 10.7. The van der Waals surface area contributed by atoms with Crippen LogP contribution in [0.2, 0.25) is 0 Å². The molecule has 0 spiro atoms. The standard InChI is InChI=1S/C14H21N3O/c18-14(5-4-13-3-1-2-8-16-13)17-11-12-6-9-15-10-7-12/h1-3,8,12,15H,4-7,9-11H2,(H,17,18). The normalized spacial score (nSPS) is 16.4. The van der Waals surface area contributed by atoms with Crippen LogP contribution in [0.15, 0.2) is 24.4 Å². The molecule has 1 saturated heterocycles. The van der Waals surface area contributed by atoms with Crippen molar-refractivity contribution in [1.82, 2.24) is 15.6 Å². The molecule has 1 amide bonds. The number of nitrogens with one attached hydrogen (secondary N) is 2. The van der Waals surface area contributed by atoms with Gasteiger partial charge in [-0.15, -0.1) is 0 Å². The van der Waals surface area contributed by atoms with E-state index in [4.69, 9.17) is 0 Å². The lowest BCUT2D eigenvalue weighted by atomic mass is 9.98. The Bertz CT molecular complexity index is 361. The average molecular weight is 247 g/mol. The van der Waals surface area contributed by atoms with E-state index < -0.39 is 0 Å². The second-order valence-electron chi connectivity index (χ2n) is 4.82. The third-order valence-electron chi connectivity index (χ3n) is 3.38. The van der Waals surface area contributed by atoms with Gasteiger partial charge >= 0.3 is 0 Å². The Morgan fingerprint density at radius 2 is 2.22 bits per heavy atom. The monoisotopic (exact) mass is 247 g/mol. The van der Waals surface area contributed by atoms with E-state index in [1.165, 1.54) is 12.8 Å². The fourth-order valence-corrected chi connectivity index (χ4v) is 2.22. The average Bonchev–Trinajstić information content (AvgIpc) is 2.45. The molecule has 1 aliphatic heterocycles. The van der Waals surface area contributed by atoms with E-state index in [1.54, 1.807) is 6.20 Å². The summed E-state index contributed by atoms with van der Waals surface area (Å²) >= 11 is 0. The zero-order valence-corrected chi connectivity index (χ0v) is 10.7. The summed E-state index contributed by atoms with van der Waals surface area (Å²) in [4.78, 5) is 15.9. The highest BCUT2D eigenvalue weighted by molar-refractivity contribution is 5.76. The van der Waals surface area contributed by atoms with E-state index in [-0.39, 0.29) is 5.91 Å². The highest BCUT2D eigenvalue weighted by Gasteiger charge is 2.13. The van der Waals surface area contributed by atoms with Gasteiger partial charge < -0.3 is 10.6 Å². The van der Waals surface area contributed by atoms with E-state index >= 15 is 0 Å². The molecule has 18 heavy (non-hydrogen) atoms. The van der Waals surface area contributed by atoms with Gasteiger partial charge in [-0.25, -0.2) is 0 Å². The summed E-state index contributed by atoms with van der Waals surface area (Å²) in [7, 11) is 0. The van der Waals surface area contributed by atoms with E-state index in [0.29, 0.717) is 12.3 Å². The number of amides is 1. The molecule has 4 nitrogen and oxygen atoms in total. The maximum absolute atomic E-state index is 11.7. The topological polar surface area (TPSA) is 54.0 Å². The van der Waals surface area contributed by atoms with Gasteiger partial charge in [0.2, 0.25) is 5.91 Å². The van der Waals surface area contributed by atoms with Crippen molar-refractivity contribution in [3.05, 3.63) is 30.1 Å². The minimum Gasteiger partial charge on any atom is -0.356 e. The van der Waals surface area contributed by atoms with E-state index in [2.05, 4.69) is 15.6 Å². The van der Waals surface area contributed by atoms with Gasteiger partial charge in [-0.1, -0.05) is 6.07 Å². The molecule has 0 bridgehead atoms. The second kappa shape index (κ2) is 7.11. The van der Waals surface area contributed by atoms with E-state index in [1.807, 2.05) is 18.2 Å². The first-order valence-electron chi connectivity index (χ1n) is 6.72. The van der Waals surface area contributed by atoms with E-state index in [0.717, 1.165) is 31.7 Å². The van der Waals surface area contributed by atoms with Crippen LogP contribution in [-0.4, -0.2) is 30.5 Å². The lowest BCUT2D eigenvalue weighted by Crippen LogP contribution is -2.36. The van der Waals surface area contributed by atoms with Crippen LogP contribution in [0.4, 0.5) is 0 Å². The first-order valence-corrected chi connectivity index (χ1v) is 6.72. The number of carbonyl (C=O) groups is 1. The molecular formula is C14H21N3O. The Labute approximate surface area is 108 Å². The molecule has 2 N–H and O–H groups in total. The lowest BCUT2D eigenvalue weighted by Gasteiger charge is -2.22. The molecule has 0 unspecified atom stereocenters. The van der Waals surface area contributed by atoms with Crippen molar-refractivity contribution >= 4 is 5.91 Å². The van der Waals surface area contributed by atoms with Crippen molar-refractivity contribution in [3.63, 3.8) is 0 Å². The zero-order chi connectivity index (χ0) is 12.6. The summed E-state index contributed by atoms with van der Waals surface area (Å²) < 4.78 is 0. The maximum Gasteiger partial charge on any atom is 0.220 e. The third-order valence-corrected chi connectivity index (χ3v) is 3.38. The molecule has 0 atom stereocenters. The number of hydrogen-bond donors (Lipinski definition) is 2. The maximum atomic E-state index is 11.7. The van der Waals surface area contributed by atoms with Gasteiger partial charge in [0.05, 0.1) is 0 Å². The summed E-state index contributed by atoms with van der Waals surface area (Å²) in [6, 6.07) is 5.80. The smallest absolute Gasteiger partial charge is 0.220 e. The molecule has 0 aliphatic carbocycles. The quantitative estimate of drug-likeness (QED) is 0.820. The van der Waals surface area contributed by atoms with Crippen molar-refractivity contribution in [1.29, 1.82) is 0 Å². The Kier molecular flexibility index (Phi) is 5.15. The first kappa shape index (κ1) is 13.0. The van der Waals surface area contributed by atoms with Crippen LogP contribution in [0.25, 0.3) is 0 Å². The number of piperidine rings is 1. The molecule has 1 fully saturated rings. The highest BCUT2D eigenvalue weighted by Crippen LogP contribution is 2.09. The molecule has 2 heterocycles. The van der Waals surface area contributed by atoms with Crippen molar-refractivity contribution in [2.75, 3.05) is 19.6 Å². The fourth-order valence-electron chi connectivity index (χ4n) is 2.22. The van der Waals surface area contributed by atoms with Crippen LogP contribution < -0.4 is 10.6 Å². The SMILES string of the molecule is O=C(CCc1ccccn1)NCC1CCNCC1. The number of aromatic nitrogens is 1. The van der Waals surface area contributed by atoms with Crippen LogP contribution >= 0.6 is 0 Å². The Balaban J connectivity index is 1.63. The second-order valence-corrected chi connectivity index (χ2v) is 4.82. The van der Waals surface area contributed by atoms with Crippen LogP contribution in [0.3, 0.4) is 0 Å². The molecule has 1 aromatic heterocycles. The molecular weight excluding hydrogens is 226 g/mol. The molecule has 0 aromatic carbocycles. The first-order chi connectivity index (χ1) is 8.84. The number of rotatable bonds is 5. The van der Waals surface area contributed by atoms with Gasteiger partial charge in [-0.2, -0.15) is 0 Å². The summed E-state index contributed by atoms with van der Waals surface area (Å²) in [5.74, 6) is 0.782. The van der Waals surface area contributed by atoms with Gasteiger partial charge in [0, 0.05) is 24.9 Å². The van der Waals surface area contributed by atoms with Crippen molar-refractivity contribution < 1.29 is 4.79 Å². The predicted molar refractivity (Wildman–Crippen MR) is 71.2 cm³/mol. The van der Waals surface area contributed by atoms with Crippen LogP contribution in [0, 0.1) is 5.92 Å². The summed E-state index contributed by atoms with van der Waals surface area (Å²) in [6.45, 7) is 2.98. The third kappa shape index (κ3) is 4.45. The van der Waals surface area contributed by atoms with Crippen molar-refractivity contribution in [3.8, 4) is 0 Å².